The Kier molecular flexibility index (Phi) is 3.63. The van der Waals surface area contributed by atoms with E-state index >= 15 is 0 Å². The van der Waals surface area contributed by atoms with E-state index in [1.54, 1.807) is 0 Å². The van der Waals surface area contributed by atoms with E-state index in [2.05, 4.69) is 21.9 Å². The molecule has 0 aliphatic heterocycles. The number of aromatic nitrogens is 1. The van der Waals surface area contributed by atoms with Gasteiger partial charge < -0.3 is 10.2 Å². The fourth-order valence-electron chi connectivity index (χ4n) is 1.90. The van der Waals surface area contributed by atoms with Gasteiger partial charge in [-0.3, -0.25) is 4.57 Å². The summed E-state index contributed by atoms with van der Waals surface area (Å²) in [5, 5.41) is 19.5. The fraction of sp³-hybridized carbons (Fsp3) is 0.143. The Morgan fingerprint density at radius 3 is 2.17 bits per heavy atom. The summed E-state index contributed by atoms with van der Waals surface area (Å²) in [5.41, 5.74) is 0.929. The standard InChI is InChI=1S/C14H12BrNO2/c1-2-3-12(10-4-6-11(15)7-5-10)16-13(17)8-9-14(16)18/h1,4-9,12,17-18H,3H2. The smallest absolute Gasteiger partial charge is 0.194 e. The van der Waals surface area contributed by atoms with Crippen LogP contribution in [-0.4, -0.2) is 14.8 Å². The van der Waals surface area contributed by atoms with Gasteiger partial charge in [-0.25, -0.2) is 0 Å². The van der Waals surface area contributed by atoms with Gasteiger partial charge in [-0.15, -0.1) is 12.3 Å². The number of aromatic hydroxyl groups is 2. The van der Waals surface area contributed by atoms with Crippen LogP contribution in [0.4, 0.5) is 0 Å². The first-order chi connectivity index (χ1) is 8.63. The van der Waals surface area contributed by atoms with Gasteiger partial charge in [0.05, 0.1) is 6.04 Å². The lowest BCUT2D eigenvalue weighted by molar-refractivity contribution is 0.351. The Balaban J connectivity index is 2.47. The summed E-state index contributed by atoms with van der Waals surface area (Å²) in [4.78, 5) is 0. The van der Waals surface area contributed by atoms with Crippen molar-refractivity contribution in [3.8, 4) is 24.1 Å². The zero-order valence-electron chi connectivity index (χ0n) is 9.55. The summed E-state index contributed by atoms with van der Waals surface area (Å²) in [5.74, 6) is 2.56. The van der Waals surface area contributed by atoms with Gasteiger partial charge in [0.25, 0.3) is 0 Å². The molecule has 0 aliphatic carbocycles. The number of nitrogens with zero attached hydrogens (tertiary/aromatic N) is 1. The molecule has 2 aromatic rings. The molecule has 1 unspecified atom stereocenters. The predicted molar refractivity (Wildman–Crippen MR) is 73.5 cm³/mol. The highest BCUT2D eigenvalue weighted by atomic mass is 79.9. The lowest BCUT2D eigenvalue weighted by Gasteiger charge is -2.19. The molecular weight excluding hydrogens is 294 g/mol. The van der Waals surface area contributed by atoms with E-state index in [1.807, 2.05) is 24.3 Å². The number of terminal acetylenes is 1. The fourth-order valence-corrected chi connectivity index (χ4v) is 2.17. The molecule has 1 aromatic carbocycles. The van der Waals surface area contributed by atoms with Crippen molar-refractivity contribution in [3.05, 3.63) is 46.4 Å². The summed E-state index contributed by atoms with van der Waals surface area (Å²) in [6.07, 6.45) is 5.75. The van der Waals surface area contributed by atoms with Crippen LogP contribution in [-0.2, 0) is 0 Å². The molecule has 0 amide bonds. The van der Waals surface area contributed by atoms with Crippen LogP contribution in [0.15, 0.2) is 40.9 Å². The summed E-state index contributed by atoms with van der Waals surface area (Å²) < 4.78 is 2.38. The number of rotatable bonds is 3. The Hall–Kier alpha value is -1.86. The minimum absolute atomic E-state index is 0.00401. The van der Waals surface area contributed by atoms with E-state index in [1.165, 1.54) is 16.7 Å². The molecule has 0 bridgehead atoms. The number of hydrogen-bond acceptors (Lipinski definition) is 2. The SMILES string of the molecule is C#CCC(c1ccc(Br)cc1)n1c(O)ccc1O. The first kappa shape index (κ1) is 12.6. The van der Waals surface area contributed by atoms with Crippen molar-refractivity contribution in [2.45, 2.75) is 12.5 Å². The van der Waals surface area contributed by atoms with Gasteiger partial charge in [0.15, 0.2) is 11.8 Å². The van der Waals surface area contributed by atoms with Crippen molar-refractivity contribution in [1.82, 2.24) is 4.57 Å². The number of halogens is 1. The molecule has 0 aliphatic rings. The van der Waals surface area contributed by atoms with Gasteiger partial charge in [0.2, 0.25) is 0 Å². The van der Waals surface area contributed by atoms with Crippen molar-refractivity contribution in [1.29, 1.82) is 0 Å². The van der Waals surface area contributed by atoms with Crippen LogP contribution in [0.2, 0.25) is 0 Å². The monoisotopic (exact) mass is 305 g/mol. The average molecular weight is 306 g/mol. The second kappa shape index (κ2) is 5.19. The Morgan fingerprint density at radius 1 is 1.11 bits per heavy atom. The first-order valence-electron chi connectivity index (χ1n) is 5.41. The third-order valence-corrected chi connectivity index (χ3v) is 3.28. The van der Waals surface area contributed by atoms with Crippen LogP contribution in [0, 0.1) is 12.3 Å². The molecule has 1 aromatic heterocycles. The normalized spacial score (nSPS) is 12.0. The highest BCUT2D eigenvalue weighted by Gasteiger charge is 2.18. The topological polar surface area (TPSA) is 45.4 Å². The van der Waals surface area contributed by atoms with Crippen LogP contribution in [0.1, 0.15) is 18.0 Å². The van der Waals surface area contributed by atoms with Crippen LogP contribution in [0.5, 0.6) is 11.8 Å². The Labute approximate surface area is 114 Å². The molecule has 2 N–H and O–H groups in total. The van der Waals surface area contributed by atoms with E-state index in [0.717, 1.165) is 10.0 Å². The van der Waals surface area contributed by atoms with Crippen LogP contribution < -0.4 is 0 Å². The van der Waals surface area contributed by atoms with Gasteiger partial charge in [0, 0.05) is 23.0 Å². The van der Waals surface area contributed by atoms with Crippen molar-refractivity contribution in [2.75, 3.05) is 0 Å². The molecule has 0 fully saturated rings. The zero-order chi connectivity index (χ0) is 13.1. The van der Waals surface area contributed by atoms with Crippen molar-refractivity contribution >= 4 is 15.9 Å². The minimum atomic E-state index is -0.280. The van der Waals surface area contributed by atoms with E-state index in [4.69, 9.17) is 6.42 Å². The van der Waals surface area contributed by atoms with E-state index in [0.29, 0.717) is 6.42 Å². The van der Waals surface area contributed by atoms with E-state index < -0.39 is 0 Å². The Bertz CT molecular complexity index is 561. The third kappa shape index (κ3) is 2.36. The molecular formula is C14H12BrNO2. The van der Waals surface area contributed by atoms with E-state index in [9.17, 15) is 10.2 Å². The maximum atomic E-state index is 9.77. The molecule has 4 heteroatoms. The number of hydrogen-bond donors (Lipinski definition) is 2. The molecule has 1 heterocycles. The summed E-state index contributed by atoms with van der Waals surface area (Å²) in [7, 11) is 0. The summed E-state index contributed by atoms with van der Waals surface area (Å²) in [6.45, 7) is 0. The van der Waals surface area contributed by atoms with Crippen LogP contribution in [0.3, 0.4) is 0 Å². The van der Waals surface area contributed by atoms with E-state index in [-0.39, 0.29) is 17.8 Å². The molecule has 0 radical (unpaired) electrons. The Morgan fingerprint density at radius 2 is 1.67 bits per heavy atom. The number of benzene rings is 1. The molecule has 0 spiro atoms. The minimum Gasteiger partial charge on any atom is -0.494 e. The van der Waals surface area contributed by atoms with Gasteiger partial charge in [0.1, 0.15) is 0 Å². The maximum absolute atomic E-state index is 9.77. The highest BCUT2D eigenvalue weighted by Crippen LogP contribution is 2.33. The lowest BCUT2D eigenvalue weighted by atomic mass is 10.0. The van der Waals surface area contributed by atoms with Crippen molar-refractivity contribution < 1.29 is 10.2 Å². The van der Waals surface area contributed by atoms with Gasteiger partial charge in [-0.05, 0) is 17.7 Å². The zero-order valence-corrected chi connectivity index (χ0v) is 11.1. The van der Waals surface area contributed by atoms with Crippen LogP contribution >= 0.6 is 15.9 Å². The maximum Gasteiger partial charge on any atom is 0.194 e. The second-order valence-electron chi connectivity index (χ2n) is 3.90. The molecule has 18 heavy (non-hydrogen) atoms. The summed E-state index contributed by atoms with van der Waals surface area (Å²) >= 11 is 3.37. The predicted octanol–water partition coefficient (Wildman–Crippen LogP) is 3.27. The first-order valence-corrected chi connectivity index (χ1v) is 6.21. The molecule has 0 saturated carbocycles. The second-order valence-corrected chi connectivity index (χ2v) is 4.81. The lowest BCUT2D eigenvalue weighted by Crippen LogP contribution is -2.09. The average Bonchev–Trinajstić information content (AvgIpc) is 2.68. The summed E-state index contributed by atoms with van der Waals surface area (Å²) in [6, 6.07) is 10.2. The highest BCUT2D eigenvalue weighted by molar-refractivity contribution is 9.10. The molecule has 2 rings (SSSR count). The van der Waals surface area contributed by atoms with Gasteiger partial charge in [-0.2, -0.15) is 0 Å². The van der Waals surface area contributed by atoms with Gasteiger partial charge >= 0.3 is 0 Å². The van der Waals surface area contributed by atoms with Crippen molar-refractivity contribution in [2.24, 2.45) is 0 Å². The largest absolute Gasteiger partial charge is 0.494 e. The molecule has 3 nitrogen and oxygen atoms in total. The molecule has 0 saturated heterocycles. The van der Waals surface area contributed by atoms with Gasteiger partial charge in [-0.1, -0.05) is 28.1 Å². The van der Waals surface area contributed by atoms with Crippen LogP contribution in [0.25, 0.3) is 0 Å². The third-order valence-electron chi connectivity index (χ3n) is 2.75. The van der Waals surface area contributed by atoms with Crippen molar-refractivity contribution in [3.63, 3.8) is 0 Å². The molecule has 1 atom stereocenters. The molecule has 92 valence electrons. The quantitative estimate of drug-likeness (QED) is 0.855.